The van der Waals surface area contributed by atoms with Crippen molar-refractivity contribution in [1.29, 1.82) is 0 Å². The van der Waals surface area contributed by atoms with Crippen LogP contribution in [0.2, 0.25) is 0 Å². The van der Waals surface area contributed by atoms with Crippen LogP contribution in [0.1, 0.15) is 16.7 Å². The molecular formula is C29H35N3O. The summed E-state index contributed by atoms with van der Waals surface area (Å²) in [4.78, 5) is 4.74. The molecule has 1 aliphatic heterocycles. The zero-order valence-corrected chi connectivity index (χ0v) is 19.3. The molecule has 172 valence electrons. The van der Waals surface area contributed by atoms with E-state index in [2.05, 4.69) is 107 Å². The number of hydrogen-bond donors (Lipinski definition) is 2. The summed E-state index contributed by atoms with van der Waals surface area (Å²) in [6, 6.07) is 31.7. The van der Waals surface area contributed by atoms with E-state index in [0.717, 1.165) is 32.7 Å². The molecule has 0 saturated carbocycles. The fourth-order valence-corrected chi connectivity index (χ4v) is 4.86. The average molecular weight is 442 g/mol. The highest BCUT2D eigenvalue weighted by Gasteiger charge is 2.39. The van der Waals surface area contributed by atoms with Crippen LogP contribution >= 0.6 is 0 Å². The van der Waals surface area contributed by atoms with Crippen LogP contribution in [0, 0.1) is 0 Å². The van der Waals surface area contributed by atoms with E-state index >= 15 is 0 Å². The van der Waals surface area contributed by atoms with Crippen LogP contribution in [0.15, 0.2) is 104 Å². The molecule has 0 amide bonds. The average Bonchev–Trinajstić information content (AvgIpc) is 2.84. The first-order valence-corrected chi connectivity index (χ1v) is 11.8. The van der Waals surface area contributed by atoms with Gasteiger partial charge < -0.3 is 10.4 Å². The molecule has 0 radical (unpaired) electrons. The molecule has 4 heteroatoms. The minimum absolute atomic E-state index is 0.00445. The summed E-state index contributed by atoms with van der Waals surface area (Å²) in [5, 5.41) is 15.2. The lowest BCUT2D eigenvalue weighted by Gasteiger charge is -2.47. The summed E-state index contributed by atoms with van der Waals surface area (Å²) >= 11 is 0. The molecule has 0 bridgehead atoms. The molecule has 2 N–H and O–H groups in total. The molecule has 3 atom stereocenters. The van der Waals surface area contributed by atoms with Gasteiger partial charge in [-0.1, -0.05) is 97.1 Å². The Labute approximate surface area is 198 Å². The standard InChI is InChI=1S/C29H35N3O/c1-2-18-31-22-27(30-19-24-12-6-3-7-13-24)29(28(33)23-31)32(20-25-14-8-4-9-15-25)21-26-16-10-5-11-17-26/h2-17,27-30,33H,1,18-23H2/t27-,28-,29+/m0/s1. The van der Waals surface area contributed by atoms with Gasteiger partial charge in [0.15, 0.2) is 0 Å². The van der Waals surface area contributed by atoms with E-state index in [1.54, 1.807) is 0 Å². The van der Waals surface area contributed by atoms with Crippen molar-refractivity contribution in [3.8, 4) is 0 Å². The Morgan fingerprint density at radius 3 is 1.85 bits per heavy atom. The molecule has 1 aliphatic rings. The van der Waals surface area contributed by atoms with Crippen LogP contribution in [0.4, 0.5) is 0 Å². The third kappa shape index (κ3) is 6.62. The fourth-order valence-electron chi connectivity index (χ4n) is 4.86. The first kappa shape index (κ1) is 23.4. The Bertz CT molecular complexity index is 922. The van der Waals surface area contributed by atoms with E-state index in [1.807, 2.05) is 12.1 Å². The number of nitrogens with zero attached hydrogens (tertiary/aromatic N) is 2. The fraction of sp³-hybridized carbons (Fsp3) is 0.310. The Morgan fingerprint density at radius 1 is 0.818 bits per heavy atom. The van der Waals surface area contributed by atoms with Crippen molar-refractivity contribution < 1.29 is 5.11 Å². The summed E-state index contributed by atoms with van der Waals surface area (Å²) in [6.45, 7) is 8.59. The SMILES string of the molecule is C=CCN1C[C@H](NCc2ccccc2)[C@@H](N(Cc2ccccc2)Cc2ccccc2)[C@@H](O)C1. The molecule has 4 rings (SSSR count). The molecule has 3 aromatic rings. The highest BCUT2D eigenvalue weighted by atomic mass is 16.3. The number of aliphatic hydroxyl groups is 1. The Kier molecular flexibility index (Phi) is 8.45. The topological polar surface area (TPSA) is 38.7 Å². The number of benzene rings is 3. The molecule has 1 fully saturated rings. The number of likely N-dealkylation sites (tertiary alicyclic amines) is 1. The van der Waals surface area contributed by atoms with E-state index in [1.165, 1.54) is 16.7 Å². The lowest BCUT2D eigenvalue weighted by Crippen LogP contribution is -2.65. The molecular weight excluding hydrogens is 406 g/mol. The van der Waals surface area contributed by atoms with Crippen molar-refractivity contribution >= 4 is 0 Å². The van der Waals surface area contributed by atoms with E-state index in [4.69, 9.17) is 0 Å². The van der Waals surface area contributed by atoms with Gasteiger partial charge in [0.2, 0.25) is 0 Å². The molecule has 1 saturated heterocycles. The summed E-state index contributed by atoms with van der Waals surface area (Å²) in [7, 11) is 0. The van der Waals surface area contributed by atoms with E-state index in [-0.39, 0.29) is 12.1 Å². The lowest BCUT2D eigenvalue weighted by molar-refractivity contribution is -0.0364. The van der Waals surface area contributed by atoms with Crippen molar-refractivity contribution in [2.75, 3.05) is 19.6 Å². The third-order valence-electron chi connectivity index (χ3n) is 6.38. The zero-order chi connectivity index (χ0) is 22.9. The molecule has 0 unspecified atom stereocenters. The summed E-state index contributed by atoms with van der Waals surface area (Å²) in [5.41, 5.74) is 3.77. The summed E-state index contributed by atoms with van der Waals surface area (Å²) in [5.74, 6) is 0. The number of piperidine rings is 1. The van der Waals surface area contributed by atoms with Gasteiger partial charge in [-0.3, -0.25) is 9.80 Å². The minimum atomic E-state index is -0.459. The summed E-state index contributed by atoms with van der Waals surface area (Å²) < 4.78 is 0. The van der Waals surface area contributed by atoms with Crippen molar-refractivity contribution in [3.63, 3.8) is 0 Å². The van der Waals surface area contributed by atoms with Gasteiger partial charge in [-0.15, -0.1) is 6.58 Å². The number of nitrogens with one attached hydrogen (secondary N) is 1. The number of rotatable bonds is 10. The second kappa shape index (κ2) is 11.9. The first-order chi connectivity index (χ1) is 16.2. The van der Waals surface area contributed by atoms with Crippen LogP contribution in [-0.4, -0.2) is 52.7 Å². The van der Waals surface area contributed by atoms with Crippen LogP contribution in [0.25, 0.3) is 0 Å². The molecule has 1 heterocycles. The molecule has 0 aromatic heterocycles. The number of β-amino-alcohol motifs (C(OH)–C–C–N with tert-alkyl or cyclic N) is 1. The molecule has 0 spiro atoms. The molecule has 3 aromatic carbocycles. The minimum Gasteiger partial charge on any atom is -0.390 e. The van der Waals surface area contributed by atoms with Crippen molar-refractivity contribution in [1.82, 2.24) is 15.1 Å². The molecule has 4 nitrogen and oxygen atoms in total. The van der Waals surface area contributed by atoms with Gasteiger partial charge in [-0.05, 0) is 16.7 Å². The first-order valence-electron chi connectivity index (χ1n) is 11.8. The Morgan fingerprint density at radius 2 is 1.33 bits per heavy atom. The normalized spacial score (nSPS) is 21.2. The Hall–Kier alpha value is -2.76. The number of aliphatic hydroxyl groups excluding tert-OH is 1. The zero-order valence-electron chi connectivity index (χ0n) is 19.3. The van der Waals surface area contributed by atoms with Gasteiger partial charge in [0.05, 0.1) is 12.1 Å². The lowest BCUT2D eigenvalue weighted by atomic mass is 9.93. The monoisotopic (exact) mass is 441 g/mol. The van der Waals surface area contributed by atoms with Crippen molar-refractivity contribution in [2.45, 2.75) is 37.8 Å². The van der Waals surface area contributed by atoms with E-state index in [9.17, 15) is 5.11 Å². The van der Waals surface area contributed by atoms with E-state index < -0.39 is 6.10 Å². The maximum Gasteiger partial charge on any atom is 0.0838 e. The van der Waals surface area contributed by atoms with Gasteiger partial charge in [0.1, 0.15) is 0 Å². The Balaban J connectivity index is 1.60. The molecule has 33 heavy (non-hydrogen) atoms. The second-order valence-electron chi connectivity index (χ2n) is 8.91. The van der Waals surface area contributed by atoms with Gasteiger partial charge in [0, 0.05) is 45.3 Å². The maximum atomic E-state index is 11.4. The highest BCUT2D eigenvalue weighted by Crippen LogP contribution is 2.23. The number of hydrogen-bond acceptors (Lipinski definition) is 4. The van der Waals surface area contributed by atoms with Crippen LogP contribution in [0.5, 0.6) is 0 Å². The second-order valence-corrected chi connectivity index (χ2v) is 8.91. The van der Waals surface area contributed by atoms with Crippen molar-refractivity contribution in [2.24, 2.45) is 0 Å². The smallest absolute Gasteiger partial charge is 0.0838 e. The quantitative estimate of drug-likeness (QED) is 0.465. The van der Waals surface area contributed by atoms with Crippen molar-refractivity contribution in [3.05, 3.63) is 120 Å². The van der Waals surface area contributed by atoms with Gasteiger partial charge in [-0.25, -0.2) is 0 Å². The third-order valence-corrected chi connectivity index (χ3v) is 6.38. The summed E-state index contributed by atoms with van der Waals surface area (Å²) in [6.07, 6.45) is 1.46. The predicted octanol–water partition coefficient (Wildman–Crippen LogP) is 4.08. The maximum absolute atomic E-state index is 11.4. The van der Waals surface area contributed by atoms with Crippen LogP contribution in [0.3, 0.4) is 0 Å². The van der Waals surface area contributed by atoms with Crippen LogP contribution in [-0.2, 0) is 19.6 Å². The highest BCUT2D eigenvalue weighted by molar-refractivity contribution is 5.19. The van der Waals surface area contributed by atoms with Gasteiger partial charge in [0.25, 0.3) is 0 Å². The molecule has 0 aliphatic carbocycles. The van der Waals surface area contributed by atoms with Gasteiger partial charge >= 0.3 is 0 Å². The van der Waals surface area contributed by atoms with E-state index in [0.29, 0.717) is 6.54 Å². The van der Waals surface area contributed by atoms with Crippen LogP contribution < -0.4 is 5.32 Å². The largest absolute Gasteiger partial charge is 0.390 e. The predicted molar refractivity (Wildman–Crippen MR) is 136 cm³/mol. The van der Waals surface area contributed by atoms with Gasteiger partial charge in [-0.2, -0.15) is 0 Å².